The lowest BCUT2D eigenvalue weighted by atomic mass is 10.1. The van der Waals surface area contributed by atoms with Gasteiger partial charge in [0.25, 0.3) is 5.89 Å². The number of carbonyl (C=O) groups excluding carboxylic acids is 1. The number of aromatic nitrogens is 2. The van der Waals surface area contributed by atoms with Gasteiger partial charge in [0.15, 0.2) is 12.4 Å². The molecule has 0 radical (unpaired) electrons. The lowest BCUT2D eigenvalue weighted by molar-refractivity contribution is 0.101. The van der Waals surface area contributed by atoms with Gasteiger partial charge in [0.1, 0.15) is 5.75 Å². The Morgan fingerprint density at radius 2 is 1.96 bits per heavy atom. The van der Waals surface area contributed by atoms with E-state index in [1.54, 1.807) is 48.5 Å². The molecule has 0 saturated carbocycles. The second kappa shape index (κ2) is 6.62. The van der Waals surface area contributed by atoms with Crippen molar-refractivity contribution in [2.75, 3.05) is 0 Å². The molecule has 2 aromatic carbocycles. The summed E-state index contributed by atoms with van der Waals surface area (Å²) in [5.74, 6) is 1.31. The maximum Gasteiger partial charge on any atom is 0.254 e. The molecule has 0 aliphatic carbocycles. The Bertz CT molecular complexity index is 828. The van der Waals surface area contributed by atoms with Crippen LogP contribution >= 0.6 is 11.6 Å². The monoisotopic (exact) mass is 328 g/mol. The summed E-state index contributed by atoms with van der Waals surface area (Å²) in [6.45, 7) is 1.64. The van der Waals surface area contributed by atoms with E-state index in [-0.39, 0.29) is 12.4 Å². The molecule has 0 spiro atoms. The molecule has 3 aromatic rings. The van der Waals surface area contributed by atoms with Gasteiger partial charge in [0.2, 0.25) is 5.89 Å². The topological polar surface area (TPSA) is 65.2 Å². The molecule has 1 heterocycles. The van der Waals surface area contributed by atoms with Crippen LogP contribution in [-0.2, 0) is 6.61 Å². The zero-order valence-corrected chi connectivity index (χ0v) is 13.1. The SMILES string of the molecule is CC(=O)c1cccc(OCc2nnc(-c3ccc(Cl)cc3)o2)c1. The molecule has 3 rings (SSSR count). The molecule has 0 amide bonds. The summed E-state index contributed by atoms with van der Waals surface area (Å²) in [5, 5.41) is 8.57. The molecule has 0 fully saturated rings. The van der Waals surface area contributed by atoms with Gasteiger partial charge in [-0.2, -0.15) is 0 Å². The summed E-state index contributed by atoms with van der Waals surface area (Å²) in [6.07, 6.45) is 0. The number of hydrogen-bond donors (Lipinski definition) is 0. The van der Waals surface area contributed by atoms with Crippen LogP contribution in [0.1, 0.15) is 23.2 Å². The number of carbonyl (C=O) groups is 1. The van der Waals surface area contributed by atoms with E-state index in [9.17, 15) is 4.79 Å². The van der Waals surface area contributed by atoms with Crippen molar-refractivity contribution < 1.29 is 13.9 Å². The molecule has 0 atom stereocenters. The third kappa shape index (κ3) is 3.76. The van der Waals surface area contributed by atoms with Gasteiger partial charge in [-0.3, -0.25) is 4.79 Å². The smallest absolute Gasteiger partial charge is 0.254 e. The predicted molar refractivity (Wildman–Crippen MR) is 85.5 cm³/mol. The first kappa shape index (κ1) is 15.2. The highest BCUT2D eigenvalue weighted by Gasteiger charge is 2.09. The molecular formula is C17H13ClN2O3. The van der Waals surface area contributed by atoms with E-state index >= 15 is 0 Å². The van der Waals surface area contributed by atoms with Crippen LogP contribution in [0.15, 0.2) is 52.9 Å². The van der Waals surface area contributed by atoms with E-state index in [0.717, 1.165) is 5.56 Å². The molecular weight excluding hydrogens is 316 g/mol. The van der Waals surface area contributed by atoms with Crippen molar-refractivity contribution in [1.82, 2.24) is 10.2 Å². The Kier molecular flexibility index (Phi) is 4.39. The summed E-state index contributed by atoms with van der Waals surface area (Å²) in [5.41, 5.74) is 1.38. The lowest BCUT2D eigenvalue weighted by Gasteiger charge is -2.04. The van der Waals surface area contributed by atoms with Crippen LogP contribution < -0.4 is 4.74 Å². The fourth-order valence-electron chi connectivity index (χ4n) is 1.97. The van der Waals surface area contributed by atoms with Crippen LogP contribution in [0.4, 0.5) is 0 Å². The Morgan fingerprint density at radius 1 is 1.17 bits per heavy atom. The van der Waals surface area contributed by atoms with Gasteiger partial charge in [0, 0.05) is 16.1 Å². The van der Waals surface area contributed by atoms with Crippen LogP contribution in [0.2, 0.25) is 5.02 Å². The lowest BCUT2D eigenvalue weighted by Crippen LogP contribution is -1.98. The number of hydrogen-bond acceptors (Lipinski definition) is 5. The minimum atomic E-state index is -0.0155. The van der Waals surface area contributed by atoms with Crippen LogP contribution in [0, 0.1) is 0 Å². The van der Waals surface area contributed by atoms with Gasteiger partial charge in [-0.15, -0.1) is 10.2 Å². The second-order valence-electron chi connectivity index (χ2n) is 4.88. The van der Waals surface area contributed by atoms with Gasteiger partial charge >= 0.3 is 0 Å². The summed E-state index contributed by atoms with van der Waals surface area (Å²) in [7, 11) is 0. The van der Waals surface area contributed by atoms with Crippen molar-refractivity contribution in [3.05, 3.63) is 65.0 Å². The van der Waals surface area contributed by atoms with E-state index in [1.165, 1.54) is 6.92 Å². The number of benzene rings is 2. The van der Waals surface area contributed by atoms with Crippen molar-refractivity contribution in [3.8, 4) is 17.2 Å². The average molecular weight is 329 g/mol. The number of ether oxygens (including phenoxy) is 1. The van der Waals surface area contributed by atoms with E-state index in [4.69, 9.17) is 20.8 Å². The molecule has 0 bridgehead atoms. The number of halogens is 1. The molecule has 0 unspecified atom stereocenters. The van der Waals surface area contributed by atoms with Gasteiger partial charge in [-0.1, -0.05) is 23.7 Å². The van der Waals surface area contributed by atoms with Crippen molar-refractivity contribution in [3.63, 3.8) is 0 Å². The van der Waals surface area contributed by atoms with Gasteiger partial charge in [-0.25, -0.2) is 0 Å². The molecule has 0 N–H and O–H groups in total. The fourth-order valence-corrected chi connectivity index (χ4v) is 2.10. The summed E-state index contributed by atoms with van der Waals surface area (Å²) in [4.78, 5) is 11.4. The Balaban J connectivity index is 1.69. The Hall–Kier alpha value is -2.66. The summed E-state index contributed by atoms with van der Waals surface area (Å²) < 4.78 is 11.1. The predicted octanol–water partition coefficient (Wildman–Crippen LogP) is 4.17. The van der Waals surface area contributed by atoms with Crippen molar-refractivity contribution in [2.24, 2.45) is 0 Å². The number of rotatable bonds is 5. The highest BCUT2D eigenvalue weighted by atomic mass is 35.5. The van der Waals surface area contributed by atoms with E-state index < -0.39 is 0 Å². The third-order valence-electron chi connectivity index (χ3n) is 3.16. The minimum absolute atomic E-state index is 0.0155. The molecule has 6 heteroatoms. The normalized spacial score (nSPS) is 10.5. The number of Topliss-reactive ketones (excluding diaryl/α,β-unsaturated/α-hetero) is 1. The van der Waals surface area contributed by atoms with E-state index in [0.29, 0.717) is 28.1 Å². The molecule has 1 aromatic heterocycles. The zero-order chi connectivity index (χ0) is 16.2. The Morgan fingerprint density at radius 3 is 2.70 bits per heavy atom. The molecule has 116 valence electrons. The van der Waals surface area contributed by atoms with Crippen LogP contribution in [-0.4, -0.2) is 16.0 Å². The Labute approximate surface area is 137 Å². The van der Waals surface area contributed by atoms with Gasteiger partial charge in [-0.05, 0) is 43.3 Å². The molecule has 0 aliphatic rings. The van der Waals surface area contributed by atoms with Crippen molar-refractivity contribution >= 4 is 17.4 Å². The highest BCUT2D eigenvalue weighted by molar-refractivity contribution is 6.30. The standard InChI is InChI=1S/C17H13ClN2O3/c1-11(21)13-3-2-4-15(9-13)22-10-16-19-20-17(23-16)12-5-7-14(18)8-6-12/h2-9H,10H2,1H3. The van der Waals surface area contributed by atoms with Crippen molar-refractivity contribution in [1.29, 1.82) is 0 Å². The highest BCUT2D eigenvalue weighted by Crippen LogP contribution is 2.21. The zero-order valence-electron chi connectivity index (χ0n) is 12.3. The molecule has 0 saturated heterocycles. The number of ketones is 1. The summed E-state index contributed by atoms with van der Waals surface area (Å²) >= 11 is 5.85. The average Bonchev–Trinajstić information content (AvgIpc) is 3.03. The van der Waals surface area contributed by atoms with Gasteiger partial charge < -0.3 is 9.15 Å². The molecule has 0 aliphatic heterocycles. The number of nitrogens with zero attached hydrogens (tertiary/aromatic N) is 2. The minimum Gasteiger partial charge on any atom is -0.484 e. The second-order valence-corrected chi connectivity index (χ2v) is 5.32. The van der Waals surface area contributed by atoms with Crippen LogP contribution in [0.25, 0.3) is 11.5 Å². The van der Waals surface area contributed by atoms with Crippen molar-refractivity contribution in [2.45, 2.75) is 13.5 Å². The fraction of sp³-hybridized carbons (Fsp3) is 0.118. The molecule has 5 nitrogen and oxygen atoms in total. The largest absolute Gasteiger partial charge is 0.484 e. The van der Waals surface area contributed by atoms with E-state index in [2.05, 4.69) is 10.2 Å². The maximum absolute atomic E-state index is 11.4. The summed E-state index contributed by atoms with van der Waals surface area (Å²) in [6, 6.07) is 14.1. The quantitative estimate of drug-likeness (QED) is 0.657. The van der Waals surface area contributed by atoms with Crippen LogP contribution in [0.5, 0.6) is 5.75 Å². The first-order valence-electron chi connectivity index (χ1n) is 6.94. The first-order chi connectivity index (χ1) is 11.1. The van der Waals surface area contributed by atoms with Crippen LogP contribution in [0.3, 0.4) is 0 Å². The molecule has 23 heavy (non-hydrogen) atoms. The van der Waals surface area contributed by atoms with Gasteiger partial charge in [0.05, 0.1) is 0 Å². The third-order valence-corrected chi connectivity index (χ3v) is 3.41. The van der Waals surface area contributed by atoms with E-state index in [1.807, 2.05) is 0 Å². The first-order valence-corrected chi connectivity index (χ1v) is 7.32. The maximum atomic E-state index is 11.4.